The lowest BCUT2D eigenvalue weighted by atomic mass is 9.87. The molecule has 2 heterocycles. The van der Waals surface area contributed by atoms with Gasteiger partial charge in [-0.15, -0.1) is 0 Å². The fourth-order valence-electron chi connectivity index (χ4n) is 5.15. The molecule has 180 valence electrons. The Morgan fingerprint density at radius 1 is 1.15 bits per heavy atom. The highest BCUT2D eigenvalue weighted by molar-refractivity contribution is 5.68. The Morgan fingerprint density at radius 3 is 2.55 bits per heavy atom. The van der Waals surface area contributed by atoms with Crippen molar-refractivity contribution in [3.63, 3.8) is 0 Å². The lowest BCUT2D eigenvalue weighted by Crippen LogP contribution is -2.59. The minimum absolute atomic E-state index is 0.0731. The van der Waals surface area contributed by atoms with Crippen molar-refractivity contribution in [1.29, 1.82) is 0 Å². The minimum Gasteiger partial charge on any atom is -0.444 e. The van der Waals surface area contributed by atoms with E-state index in [1.54, 1.807) is 0 Å². The summed E-state index contributed by atoms with van der Waals surface area (Å²) < 4.78 is 7.51. The third kappa shape index (κ3) is 6.08. The molecule has 1 aromatic heterocycles. The third-order valence-corrected chi connectivity index (χ3v) is 6.58. The molecular weight excluding hydrogens is 414 g/mol. The van der Waals surface area contributed by atoms with Crippen LogP contribution in [0.25, 0.3) is 5.69 Å². The van der Waals surface area contributed by atoms with Gasteiger partial charge in [-0.2, -0.15) is 5.10 Å². The number of aromatic nitrogens is 2. The molecule has 7 heteroatoms. The molecule has 2 N–H and O–H groups in total. The highest BCUT2D eigenvalue weighted by Crippen LogP contribution is 2.32. The van der Waals surface area contributed by atoms with Crippen LogP contribution in [0.2, 0.25) is 0 Å². The number of piperidine rings is 1. The fraction of sp³-hybridized carbons (Fsp3) is 0.615. The second-order valence-electron chi connectivity index (χ2n) is 10.5. The number of hydrogen-bond acceptors (Lipinski definition) is 5. The van der Waals surface area contributed by atoms with Crippen molar-refractivity contribution < 1.29 is 9.53 Å². The maximum absolute atomic E-state index is 12.6. The number of aryl methyl sites for hydroxylation is 1. The van der Waals surface area contributed by atoms with Gasteiger partial charge in [0.25, 0.3) is 0 Å². The predicted octanol–water partition coefficient (Wildman–Crippen LogP) is 4.58. The average Bonchev–Trinajstić information content (AvgIpc) is 3.21. The van der Waals surface area contributed by atoms with Gasteiger partial charge in [0, 0.05) is 30.5 Å². The van der Waals surface area contributed by atoms with Gasteiger partial charge in [-0.3, -0.25) is 0 Å². The number of nitrogens with one attached hydrogen (secondary N) is 2. The molecule has 0 unspecified atom stereocenters. The largest absolute Gasteiger partial charge is 0.444 e. The Kier molecular flexibility index (Phi) is 7.27. The lowest BCUT2D eigenvalue weighted by Gasteiger charge is -2.47. The van der Waals surface area contributed by atoms with E-state index in [4.69, 9.17) is 4.74 Å². The number of carbonyl (C=O) groups is 1. The summed E-state index contributed by atoms with van der Waals surface area (Å²) in [7, 11) is 0. The van der Waals surface area contributed by atoms with Crippen LogP contribution in [0.5, 0.6) is 0 Å². The van der Waals surface area contributed by atoms with E-state index in [-0.39, 0.29) is 18.2 Å². The van der Waals surface area contributed by atoms with Crippen LogP contribution in [-0.2, 0) is 4.74 Å². The molecule has 1 saturated carbocycles. The summed E-state index contributed by atoms with van der Waals surface area (Å²) in [4.78, 5) is 15.2. The van der Waals surface area contributed by atoms with Crippen LogP contribution in [0.1, 0.15) is 64.9 Å². The molecule has 1 aromatic carbocycles. The van der Waals surface area contributed by atoms with Gasteiger partial charge in [0.05, 0.1) is 17.9 Å². The zero-order chi connectivity index (χ0) is 23.4. The molecular formula is C26H39N5O2. The summed E-state index contributed by atoms with van der Waals surface area (Å²) in [5.74, 6) is 0. The summed E-state index contributed by atoms with van der Waals surface area (Å²) in [6, 6.07) is 9.43. The molecule has 3 atom stereocenters. The van der Waals surface area contributed by atoms with Crippen molar-refractivity contribution >= 4 is 11.8 Å². The number of rotatable bonds is 5. The van der Waals surface area contributed by atoms with Crippen LogP contribution < -0.4 is 15.5 Å². The first-order chi connectivity index (χ1) is 15.8. The molecule has 4 rings (SSSR count). The zero-order valence-corrected chi connectivity index (χ0v) is 20.5. The van der Waals surface area contributed by atoms with Gasteiger partial charge in [0.1, 0.15) is 5.60 Å². The molecule has 0 spiro atoms. The molecule has 0 bridgehead atoms. The van der Waals surface area contributed by atoms with E-state index >= 15 is 0 Å². The molecule has 1 amide bonds. The van der Waals surface area contributed by atoms with Gasteiger partial charge in [-0.05, 0) is 89.8 Å². The van der Waals surface area contributed by atoms with Crippen molar-refractivity contribution in [3.8, 4) is 5.69 Å². The van der Waals surface area contributed by atoms with E-state index in [1.165, 1.54) is 18.5 Å². The highest BCUT2D eigenvalue weighted by Gasteiger charge is 2.36. The summed E-state index contributed by atoms with van der Waals surface area (Å²) in [5.41, 5.74) is 2.91. The Balaban J connectivity index is 1.59. The molecule has 2 aromatic rings. The topological polar surface area (TPSA) is 71.4 Å². The average molecular weight is 454 g/mol. The maximum Gasteiger partial charge on any atom is 0.407 e. The van der Waals surface area contributed by atoms with E-state index in [2.05, 4.69) is 51.8 Å². The fourth-order valence-corrected chi connectivity index (χ4v) is 5.15. The SMILES string of the molecule is Cc1cnn(-c2ccc(N([C@H]3CCCNC3)[C@@H]3CCCC[C@H]3NC(=O)OC(C)(C)C)cc2)c1. The summed E-state index contributed by atoms with van der Waals surface area (Å²) in [6.45, 7) is 9.83. The lowest BCUT2D eigenvalue weighted by molar-refractivity contribution is 0.0483. The molecule has 1 saturated heterocycles. The van der Waals surface area contributed by atoms with E-state index in [9.17, 15) is 4.79 Å². The van der Waals surface area contributed by atoms with E-state index in [1.807, 2.05) is 37.8 Å². The van der Waals surface area contributed by atoms with Gasteiger partial charge in [-0.1, -0.05) is 12.8 Å². The normalized spacial score (nSPS) is 23.7. The number of nitrogens with zero attached hydrogens (tertiary/aromatic N) is 3. The molecule has 2 fully saturated rings. The first-order valence-corrected chi connectivity index (χ1v) is 12.4. The van der Waals surface area contributed by atoms with Gasteiger partial charge < -0.3 is 20.3 Å². The minimum atomic E-state index is -0.498. The second kappa shape index (κ2) is 10.2. The van der Waals surface area contributed by atoms with Crippen molar-refractivity contribution in [2.75, 3.05) is 18.0 Å². The molecule has 2 aliphatic rings. The number of hydrogen-bond donors (Lipinski definition) is 2. The first kappa shape index (κ1) is 23.6. The second-order valence-corrected chi connectivity index (χ2v) is 10.5. The van der Waals surface area contributed by atoms with Gasteiger partial charge in [0.15, 0.2) is 0 Å². The van der Waals surface area contributed by atoms with Gasteiger partial charge in [-0.25, -0.2) is 9.48 Å². The predicted molar refractivity (Wildman–Crippen MR) is 132 cm³/mol. The summed E-state index contributed by atoms with van der Waals surface area (Å²) >= 11 is 0. The number of anilines is 1. The number of ether oxygens (including phenoxy) is 1. The van der Waals surface area contributed by atoms with Crippen molar-refractivity contribution in [3.05, 3.63) is 42.2 Å². The Hall–Kier alpha value is -2.54. The number of benzene rings is 1. The number of amides is 1. The molecule has 7 nitrogen and oxygen atoms in total. The molecule has 1 aliphatic heterocycles. The van der Waals surface area contributed by atoms with Crippen LogP contribution >= 0.6 is 0 Å². The Labute approximate surface area is 197 Å². The zero-order valence-electron chi connectivity index (χ0n) is 20.5. The van der Waals surface area contributed by atoms with Crippen LogP contribution in [0.4, 0.5) is 10.5 Å². The van der Waals surface area contributed by atoms with E-state index in [0.717, 1.165) is 50.0 Å². The molecule has 0 radical (unpaired) electrons. The van der Waals surface area contributed by atoms with Crippen molar-refractivity contribution in [2.24, 2.45) is 0 Å². The summed E-state index contributed by atoms with van der Waals surface area (Å²) in [6.07, 6.45) is 10.3. The van der Waals surface area contributed by atoms with Crippen LogP contribution in [0.15, 0.2) is 36.7 Å². The third-order valence-electron chi connectivity index (χ3n) is 6.58. The molecule has 33 heavy (non-hydrogen) atoms. The van der Waals surface area contributed by atoms with E-state index in [0.29, 0.717) is 6.04 Å². The summed E-state index contributed by atoms with van der Waals surface area (Å²) in [5, 5.41) is 11.2. The van der Waals surface area contributed by atoms with E-state index < -0.39 is 5.60 Å². The Bertz CT molecular complexity index is 912. The smallest absolute Gasteiger partial charge is 0.407 e. The maximum atomic E-state index is 12.6. The van der Waals surface area contributed by atoms with Crippen LogP contribution in [0.3, 0.4) is 0 Å². The van der Waals surface area contributed by atoms with Gasteiger partial charge >= 0.3 is 6.09 Å². The number of carbonyl (C=O) groups excluding carboxylic acids is 1. The quantitative estimate of drug-likeness (QED) is 0.694. The highest BCUT2D eigenvalue weighted by atomic mass is 16.6. The van der Waals surface area contributed by atoms with Crippen molar-refractivity contribution in [1.82, 2.24) is 20.4 Å². The van der Waals surface area contributed by atoms with Crippen molar-refractivity contribution in [2.45, 2.75) is 89.9 Å². The van der Waals surface area contributed by atoms with Crippen LogP contribution in [0, 0.1) is 6.92 Å². The standard InChI is InChI=1S/C26H39N5O2/c1-19-16-28-30(18-19)20-11-13-21(14-12-20)31(22-8-7-15-27-17-22)24-10-6-5-9-23(24)29-25(32)33-26(2,3)4/h11-14,16,18,22-24,27H,5-10,15,17H2,1-4H3,(H,29,32)/t22-,23+,24+/m0/s1. The Morgan fingerprint density at radius 2 is 1.91 bits per heavy atom. The monoisotopic (exact) mass is 453 g/mol. The number of alkyl carbamates (subject to hydrolysis) is 1. The van der Waals surface area contributed by atoms with Crippen LogP contribution in [-0.4, -0.2) is 52.7 Å². The van der Waals surface area contributed by atoms with Gasteiger partial charge in [0.2, 0.25) is 0 Å². The molecule has 1 aliphatic carbocycles. The first-order valence-electron chi connectivity index (χ1n) is 12.4.